The molecule has 0 saturated heterocycles. The molecule has 0 spiro atoms. The van der Waals surface area contributed by atoms with E-state index in [-0.39, 0.29) is 5.91 Å². The molecule has 0 unspecified atom stereocenters. The zero-order valence-electron chi connectivity index (χ0n) is 16.1. The Bertz CT molecular complexity index is 974. The van der Waals surface area contributed by atoms with Gasteiger partial charge >= 0.3 is 0 Å². The second-order valence-corrected chi connectivity index (χ2v) is 6.65. The number of rotatable bonds is 6. The van der Waals surface area contributed by atoms with E-state index in [0.29, 0.717) is 30.4 Å². The van der Waals surface area contributed by atoms with Gasteiger partial charge in [0.15, 0.2) is 11.5 Å². The molecule has 0 aliphatic carbocycles. The first-order chi connectivity index (χ1) is 14.2. The van der Waals surface area contributed by atoms with Crippen LogP contribution in [0.2, 0.25) is 0 Å². The maximum absolute atomic E-state index is 12.5. The largest absolute Gasteiger partial charge is 0.486 e. The van der Waals surface area contributed by atoms with Gasteiger partial charge in [0.25, 0.3) is 0 Å². The van der Waals surface area contributed by atoms with Gasteiger partial charge in [-0.2, -0.15) is 0 Å². The Hall–Kier alpha value is -3.67. The van der Waals surface area contributed by atoms with Crippen molar-refractivity contribution in [2.45, 2.75) is 13.0 Å². The third kappa shape index (κ3) is 4.79. The molecule has 0 radical (unpaired) electrons. The molecule has 29 heavy (non-hydrogen) atoms. The van der Waals surface area contributed by atoms with Crippen LogP contribution in [-0.4, -0.2) is 25.2 Å². The van der Waals surface area contributed by atoms with Gasteiger partial charge in [-0.05, 0) is 55.5 Å². The van der Waals surface area contributed by atoms with Crippen LogP contribution in [0.1, 0.15) is 6.92 Å². The van der Waals surface area contributed by atoms with Crippen molar-refractivity contribution >= 4 is 17.3 Å². The van der Waals surface area contributed by atoms with E-state index < -0.39 is 6.04 Å². The van der Waals surface area contributed by atoms with E-state index in [2.05, 4.69) is 10.6 Å². The highest BCUT2D eigenvalue weighted by atomic mass is 16.6. The molecule has 0 fully saturated rings. The lowest BCUT2D eigenvalue weighted by atomic mass is 10.2. The van der Waals surface area contributed by atoms with Crippen molar-refractivity contribution in [2.75, 3.05) is 23.8 Å². The third-order valence-corrected chi connectivity index (χ3v) is 4.42. The minimum Gasteiger partial charge on any atom is -0.486 e. The summed E-state index contributed by atoms with van der Waals surface area (Å²) >= 11 is 0. The molecule has 3 aromatic rings. The smallest absolute Gasteiger partial charge is 0.246 e. The SMILES string of the molecule is C[C@H](Nc1ccc(Oc2ccccc2)cc1)C(=O)Nc1ccc2c(c1)OCCO2. The number of hydrogen-bond donors (Lipinski definition) is 2. The minimum atomic E-state index is -0.427. The second kappa shape index (κ2) is 8.56. The number of amides is 1. The normalized spacial score (nSPS) is 13.3. The Morgan fingerprint density at radius 1 is 0.862 bits per heavy atom. The molecule has 4 rings (SSSR count). The molecule has 6 heteroatoms. The van der Waals surface area contributed by atoms with E-state index in [1.165, 1.54) is 0 Å². The zero-order chi connectivity index (χ0) is 20.1. The highest BCUT2D eigenvalue weighted by molar-refractivity contribution is 5.96. The fraction of sp³-hybridized carbons (Fsp3) is 0.174. The summed E-state index contributed by atoms with van der Waals surface area (Å²) in [4.78, 5) is 12.5. The van der Waals surface area contributed by atoms with Crippen molar-refractivity contribution in [2.24, 2.45) is 0 Å². The molecule has 1 heterocycles. The summed E-state index contributed by atoms with van der Waals surface area (Å²) in [5.74, 6) is 2.70. The topological polar surface area (TPSA) is 68.8 Å². The average molecular weight is 390 g/mol. The zero-order valence-corrected chi connectivity index (χ0v) is 16.1. The lowest BCUT2D eigenvalue weighted by Crippen LogP contribution is -2.31. The lowest BCUT2D eigenvalue weighted by Gasteiger charge is -2.20. The van der Waals surface area contributed by atoms with Gasteiger partial charge < -0.3 is 24.8 Å². The molecule has 1 aliphatic heterocycles. The number of para-hydroxylation sites is 1. The van der Waals surface area contributed by atoms with Crippen LogP contribution in [0.15, 0.2) is 72.8 Å². The molecule has 3 aromatic carbocycles. The van der Waals surface area contributed by atoms with Gasteiger partial charge in [-0.25, -0.2) is 0 Å². The van der Waals surface area contributed by atoms with Crippen LogP contribution in [0.5, 0.6) is 23.0 Å². The molecule has 0 bridgehead atoms. The highest BCUT2D eigenvalue weighted by Crippen LogP contribution is 2.32. The summed E-state index contributed by atoms with van der Waals surface area (Å²) in [7, 11) is 0. The first kappa shape index (κ1) is 18.7. The summed E-state index contributed by atoms with van der Waals surface area (Å²) in [6.07, 6.45) is 0. The van der Waals surface area contributed by atoms with Gasteiger partial charge in [-0.3, -0.25) is 4.79 Å². The molecular formula is C23H22N2O4. The molecule has 1 aliphatic rings. The van der Waals surface area contributed by atoms with Crippen LogP contribution in [0.3, 0.4) is 0 Å². The first-order valence-electron chi connectivity index (χ1n) is 9.47. The van der Waals surface area contributed by atoms with Crippen LogP contribution in [0, 0.1) is 0 Å². The van der Waals surface area contributed by atoms with Crippen molar-refractivity contribution in [3.05, 3.63) is 72.8 Å². The molecule has 1 amide bonds. The third-order valence-electron chi connectivity index (χ3n) is 4.42. The van der Waals surface area contributed by atoms with Gasteiger partial charge in [-0.1, -0.05) is 18.2 Å². The van der Waals surface area contributed by atoms with Crippen LogP contribution >= 0.6 is 0 Å². The summed E-state index contributed by atoms with van der Waals surface area (Å²) in [5.41, 5.74) is 1.50. The minimum absolute atomic E-state index is 0.147. The fourth-order valence-electron chi connectivity index (χ4n) is 2.93. The molecule has 2 N–H and O–H groups in total. The maximum Gasteiger partial charge on any atom is 0.246 e. The van der Waals surface area contributed by atoms with Gasteiger partial charge in [0.2, 0.25) is 5.91 Å². The van der Waals surface area contributed by atoms with Gasteiger partial charge in [0, 0.05) is 17.4 Å². The van der Waals surface area contributed by atoms with Crippen LogP contribution in [-0.2, 0) is 4.79 Å². The number of carbonyl (C=O) groups excluding carboxylic acids is 1. The molecule has 148 valence electrons. The molecular weight excluding hydrogens is 368 g/mol. The first-order valence-corrected chi connectivity index (χ1v) is 9.47. The fourth-order valence-corrected chi connectivity index (χ4v) is 2.93. The van der Waals surface area contributed by atoms with Gasteiger partial charge in [0.05, 0.1) is 0 Å². The number of carbonyl (C=O) groups is 1. The number of benzene rings is 3. The Labute approximate surface area is 169 Å². The van der Waals surface area contributed by atoms with Gasteiger partial charge in [-0.15, -0.1) is 0 Å². The molecule has 0 saturated carbocycles. The summed E-state index contributed by atoms with van der Waals surface area (Å²) < 4.78 is 16.8. The number of anilines is 2. The monoisotopic (exact) mass is 390 g/mol. The Morgan fingerprint density at radius 2 is 1.52 bits per heavy atom. The van der Waals surface area contributed by atoms with Crippen LogP contribution in [0.4, 0.5) is 11.4 Å². The lowest BCUT2D eigenvalue weighted by molar-refractivity contribution is -0.116. The standard InChI is InChI=1S/C23H22N2O4/c1-16(23(26)25-18-9-12-21-22(15-18)28-14-13-27-21)24-17-7-10-20(11-8-17)29-19-5-3-2-4-6-19/h2-12,15-16,24H,13-14H2,1H3,(H,25,26)/t16-/m0/s1. The quantitative estimate of drug-likeness (QED) is 0.639. The Kier molecular flexibility index (Phi) is 5.52. The predicted molar refractivity (Wildman–Crippen MR) is 112 cm³/mol. The van der Waals surface area contributed by atoms with Crippen molar-refractivity contribution < 1.29 is 19.0 Å². The van der Waals surface area contributed by atoms with Crippen LogP contribution < -0.4 is 24.8 Å². The maximum atomic E-state index is 12.5. The van der Waals surface area contributed by atoms with E-state index in [0.717, 1.165) is 17.2 Å². The summed E-state index contributed by atoms with van der Waals surface area (Å²) in [6, 6.07) is 22.0. The van der Waals surface area contributed by atoms with Gasteiger partial charge in [0.1, 0.15) is 30.8 Å². The molecule has 1 atom stereocenters. The summed E-state index contributed by atoms with van der Waals surface area (Å²) in [5, 5.41) is 6.09. The summed E-state index contributed by atoms with van der Waals surface area (Å²) in [6.45, 7) is 2.85. The number of fused-ring (bicyclic) bond motifs is 1. The predicted octanol–water partition coefficient (Wildman–Crippen LogP) is 4.69. The molecule has 6 nitrogen and oxygen atoms in total. The number of hydrogen-bond acceptors (Lipinski definition) is 5. The van der Waals surface area contributed by atoms with Crippen LogP contribution in [0.25, 0.3) is 0 Å². The number of ether oxygens (including phenoxy) is 3. The van der Waals surface area contributed by atoms with E-state index >= 15 is 0 Å². The van der Waals surface area contributed by atoms with E-state index in [4.69, 9.17) is 14.2 Å². The van der Waals surface area contributed by atoms with Crippen molar-refractivity contribution in [3.63, 3.8) is 0 Å². The van der Waals surface area contributed by atoms with Crippen molar-refractivity contribution in [1.82, 2.24) is 0 Å². The molecule has 0 aromatic heterocycles. The van der Waals surface area contributed by atoms with Crippen molar-refractivity contribution in [3.8, 4) is 23.0 Å². The highest BCUT2D eigenvalue weighted by Gasteiger charge is 2.16. The second-order valence-electron chi connectivity index (χ2n) is 6.65. The van der Waals surface area contributed by atoms with E-state index in [9.17, 15) is 4.79 Å². The number of nitrogens with one attached hydrogen (secondary N) is 2. The van der Waals surface area contributed by atoms with E-state index in [1.807, 2.05) is 61.5 Å². The Balaban J connectivity index is 1.33. The van der Waals surface area contributed by atoms with E-state index in [1.54, 1.807) is 18.2 Å². The average Bonchev–Trinajstić information content (AvgIpc) is 2.76. The van der Waals surface area contributed by atoms with Crippen molar-refractivity contribution in [1.29, 1.82) is 0 Å². The Morgan fingerprint density at radius 3 is 2.28 bits per heavy atom.